The number of amides is 2. The van der Waals surface area contributed by atoms with Crippen molar-refractivity contribution in [1.29, 1.82) is 0 Å². The van der Waals surface area contributed by atoms with E-state index in [2.05, 4.69) is 4.90 Å². The van der Waals surface area contributed by atoms with Gasteiger partial charge in [0.15, 0.2) is 0 Å². The summed E-state index contributed by atoms with van der Waals surface area (Å²) in [4.78, 5) is 32.0. The van der Waals surface area contributed by atoms with Crippen molar-refractivity contribution in [1.82, 2.24) is 14.1 Å². The number of hydrogen-bond donors (Lipinski definition) is 1. The van der Waals surface area contributed by atoms with Crippen molar-refractivity contribution in [3.63, 3.8) is 0 Å². The van der Waals surface area contributed by atoms with E-state index in [0.717, 1.165) is 62.1 Å². The third-order valence-corrected chi connectivity index (χ3v) is 11.8. The zero-order valence-electron chi connectivity index (χ0n) is 27.0. The Morgan fingerprint density at radius 1 is 0.978 bits per heavy atom. The fourth-order valence-electron chi connectivity index (χ4n) is 6.48. The molecule has 0 radical (unpaired) electrons. The Kier molecular flexibility index (Phi) is 12.9. The zero-order valence-corrected chi connectivity index (χ0v) is 28.5. The summed E-state index contributed by atoms with van der Waals surface area (Å²) in [6.07, 6.45) is 5.29. The summed E-state index contributed by atoms with van der Waals surface area (Å²) in [5.74, 6) is 0.621. The van der Waals surface area contributed by atoms with Crippen molar-refractivity contribution in [2.75, 3.05) is 63.9 Å². The van der Waals surface area contributed by atoms with Gasteiger partial charge >= 0.3 is 0 Å². The van der Waals surface area contributed by atoms with E-state index in [1.165, 1.54) is 4.31 Å². The van der Waals surface area contributed by atoms with Crippen LogP contribution in [0.4, 0.5) is 5.69 Å². The van der Waals surface area contributed by atoms with Crippen molar-refractivity contribution in [3.8, 4) is 0 Å². The molecule has 0 bridgehead atoms. The fraction of sp³-hybridized carbons (Fsp3) is 0.588. The Morgan fingerprint density at radius 3 is 2.22 bits per heavy atom. The first-order valence-corrected chi connectivity index (χ1v) is 18.1. The Labute approximate surface area is 274 Å². The smallest absolute Gasteiger partial charge is 0.243 e. The van der Waals surface area contributed by atoms with Gasteiger partial charge in [0.05, 0.1) is 11.5 Å². The van der Waals surface area contributed by atoms with E-state index in [4.69, 9.17) is 11.6 Å². The van der Waals surface area contributed by atoms with Gasteiger partial charge in [-0.2, -0.15) is 4.31 Å². The molecule has 2 amide bonds. The highest BCUT2D eigenvalue weighted by Gasteiger charge is 2.30. The number of halogens is 1. The standard InChI is InChI=1S/C34H49ClN4O5S/c1-4-38(22-23-40)45(43,44)32-10-7-28(8-11-32)24-29-12-18-36(19-13-29)16-5-17-39(31-9-6-26(2)33(35)25-31)34(42)30-14-20-37(21-15-30)27(3)41/h6-11,25,29-30,40H,4-5,12-24H2,1-3H3. The van der Waals surface area contributed by atoms with Gasteiger partial charge in [0.2, 0.25) is 21.8 Å². The van der Waals surface area contributed by atoms with Crippen LogP contribution in [0.5, 0.6) is 0 Å². The van der Waals surface area contributed by atoms with E-state index in [0.29, 0.717) is 50.0 Å². The Hall–Kier alpha value is -2.50. The molecular weight excluding hydrogens is 612 g/mol. The van der Waals surface area contributed by atoms with Crippen LogP contribution in [-0.4, -0.2) is 98.4 Å². The monoisotopic (exact) mass is 660 g/mol. The van der Waals surface area contributed by atoms with Crippen LogP contribution in [0.3, 0.4) is 0 Å². The first-order valence-electron chi connectivity index (χ1n) is 16.3. The predicted octanol–water partition coefficient (Wildman–Crippen LogP) is 4.59. The molecular formula is C34H49ClN4O5S. The minimum absolute atomic E-state index is 0.0639. The van der Waals surface area contributed by atoms with Crippen molar-refractivity contribution in [3.05, 3.63) is 58.6 Å². The summed E-state index contributed by atoms with van der Waals surface area (Å²) < 4.78 is 27.0. The summed E-state index contributed by atoms with van der Waals surface area (Å²) in [6.45, 7) is 10.3. The number of likely N-dealkylation sites (tertiary alicyclic amines) is 2. The second-order valence-electron chi connectivity index (χ2n) is 12.4. The molecule has 45 heavy (non-hydrogen) atoms. The van der Waals surface area contributed by atoms with Gasteiger partial charge in [0.1, 0.15) is 0 Å². The van der Waals surface area contributed by atoms with Crippen LogP contribution in [0.25, 0.3) is 0 Å². The van der Waals surface area contributed by atoms with Crippen LogP contribution in [0, 0.1) is 18.8 Å². The van der Waals surface area contributed by atoms with E-state index in [-0.39, 0.29) is 35.8 Å². The van der Waals surface area contributed by atoms with E-state index in [1.54, 1.807) is 26.0 Å². The van der Waals surface area contributed by atoms with E-state index >= 15 is 0 Å². The summed E-state index contributed by atoms with van der Waals surface area (Å²) in [6, 6.07) is 13.0. The predicted molar refractivity (Wildman–Crippen MR) is 179 cm³/mol. The maximum Gasteiger partial charge on any atom is 0.243 e. The number of aryl methyl sites for hydroxylation is 1. The van der Waals surface area contributed by atoms with Gasteiger partial charge in [-0.15, -0.1) is 0 Å². The molecule has 11 heteroatoms. The summed E-state index contributed by atoms with van der Waals surface area (Å²) in [7, 11) is -3.60. The molecule has 1 N–H and O–H groups in total. The molecule has 0 unspecified atom stereocenters. The number of hydrogen-bond acceptors (Lipinski definition) is 6. The SMILES string of the molecule is CCN(CCO)S(=O)(=O)c1ccc(CC2CCN(CCCN(C(=O)C3CCN(C(C)=O)CC3)c3ccc(C)c(Cl)c3)CC2)cc1. The van der Waals surface area contributed by atoms with Crippen LogP contribution in [0.15, 0.2) is 47.4 Å². The first kappa shape index (κ1) is 35.4. The van der Waals surface area contributed by atoms with E-state index < -0.39 is 10.0 Å². The Bertz CT molecular complexity index is 1390. The third-order valence-electron chi connectivity index (χ3n) is 9.37. The number of rotatable bonds is 13. The summed E-state index contributed by atoms with van der Waals surface area (Å²) >= 11 is 6.46. The molecule has 2 fully saturated rings. The van der Waals surface area contributed by atoms with Crippen molar-refractivity contribution in [2.24, 2.45) is 11.8 Å². The average Bonchev–Trinajstić information content (AvgIpc) is 3.04. The third kappa shape index (κ3) is 9.29. The molecule has 9 nitrogen and oxygen atoms in total. The highest BCUT2D eigenvalue weighted by atomic mass is 35.5. The highest BCUT2D eigenvalue weighted by Crippen LogP contribution is 2.28. The number of sulfonamides is 1. The molecule has 2 saturated heterocycles. The molecule has 0 aromatic heterocycles. The molecule has 0 spiro atoms. The number of nitrogens with zero attached hydrogens (tertiary/aromatic N) is 4. The summed E-state index contributed by atoms with van der Waals surface area (Å²) in [5, 5.41) is 9.87. The van der Waals surface area contributed by atoms with Crippen molar-refractivity contribution in [2.45, 2.75) is 64.2 Å². The molecule has 248 valence electrons. The largest absolute Gasteiger partial charge is 0.395 e. The van der Waals surface area contributed by atoms with Gasteiger partial charge in [-0.05, 0) is 106 Å². The number of piperidine rings is 2. The maximum atomic E-state index is 13.7. The molecule has 0 atom stereocenters. The Balaban J connectivity index is 1.28. The average molecular weight is 661 g/mol. The number of carbonyl (C=O) groups is 2. The zero-order chi connectivity index (χ0) is 32.6. The number of carbonyl (C=O) groups excluding carboxylic acids is 2. The molecule has 0 aliphatic carbocycles. The van der Waals surface area contributed by atoms with Gasteiger partial charge < -0.3 is 19.8 Å². The highest BCUT2D eigenvalue weighted by molar-refractivity contribution is 7.89. The molecule has 2 aliphatic heterocycles. The van der Waals surface area contributed by atoms with Gasteiger partial charge in [0.25, 0.3) is 0 Å². The molecule has 2 aliphatic rings. The lowest BCUT2D eigenvalue weighted by Crippen LogP contribution is -2.45. The lowest BCUT2D eigenvalue weighted by atomic mass is 9.90. The van der Waals surface area contributed by atoms with Crippen LogP contribution in [0.2, 0.25) is 5.02 Å². The lowest BCUT2D eigenvalue weighted by Gasteiger charge is -2.35. The van der Waals surface area contributed by atoms with Crippen LogP contribution in [0.1, 0.15) is 57.1 Å². The van der Waals surface area contributed by atoms with Crippen molar-refractivity contribution >= 4 is 39.1 Å². The summed E-state index contributed by atoms with van der Waals surface area (Å²) in [5.41, 5.74) is 2.95. The van der Waals surface area contributed by atoms with Crippen LogP contribution in [-0.2, 0) is 26.0 Å². The number of likely N-dealkylation sites (N-methyl/N-ethyl adjacent to an activating group) is 1. The minimum Gasteiger partial charge on any atom is -0.395 e. The molecule has 2 aromatic carbocycles. The molecule has 2 heterocycles. The van der Waals surface area contributed by atoms with Crippen LogP contribution >= 0.6 is 11.6 Å². The number of benzene rings is 2. The maximum absolute atomic E-state index is 13.7. The van der Waals surface area contributed by atoms with Crippen LogP contribution < -0.4 is 4.90 Å². The first-order chi connectivity index (χ1) is 21.5. The number of aliphatic hydroxyl groups excluding tert-OH is 1. The minimum atomic E-state index is -3.60. The molecule has 4 rings (SSSR count). The van der Waals surface area contributed by atoms with E-state index in [9.17, 15) is 23.1 Å². The molecule has 2 aromatic rings. The van der Waals surface area contributed by atoms with Crippen molar-refractivity contribution < 1.29 is 23.1 Å². The topological polar surface area (TPSA) is 101 Å². The van der Waals surface area contributed by atoms with Gasteiger partial charge in [-0.25, -0.2) is 8.42 Å². The number of aliphatic hydroxyl groups is 1. The van der Waals surface area contributed by atoms with Gasteiger partial charge in [-0.3, -0.25) is 9.59 Å². The normalized spacial score (nSPS) is 17.2. The fourth-order valence-corrected chi connectivity index (χ4v) is 8.10. The lowest BCUT2D eigenvalue weighted by molar-refractivity contribution is -0.133. The second kappa shape index (κ2) is 16.4. The molecule has 0 saturated carbocycles. The van der Waals surface area contributed by atoms with Gasteiger partial charge in [0, 0.05) is 56.3 Å². The van der Waals surface area contributed by atoms with E-state index in [1.807, 2.05) is 47.1 Å². The second-order valence-corrected chi connectivity index (χ2v) is 14.8. The Morgan fingerprint density at radius 2 is 1.64 bits per heavy atom. The van der Waals surface area contributed by atoms with Gasteiger partial charge in [-0.1, -0.05) is 36.7 Å². The number of anilines is 1. The quantitative estimate of drug-likeness (QED) is 0.338.